The van der Waals surface area contributed by atoms with Gasteiger partial charge < -0.3 is 0 Å². The molecule has 1 aliphatic carbocycles. The van der Waals surface area contributed by atoms with Crippen LogP contribution in [-0.2, 0) is 20.4 Å². The molecule has 0 N–H and O–H groups in total. The molecule has 0 heterocycles. The molecule has 0 aliphatic heterocycles. The van der Waals surface area contributed by atoms with Gasteiger partial charge in [0.05, 0.1) is 0 Å². The summed E-state index contributed by atoms with van der Waals surface area (Å²) in [5, 5.41) is 0. The standard InChI is InChI=1S/C10H15.Ti/c1-6-7(2)9(4)10(5)8(6)3;/h1-5H3;/q;+3. The van der Waals surface area contributed by atoms with E-state index < -0.39 is 0 Å². The summed E-state index contributed by atoms with van der Waals surface area (Å²) in [5.41, 5.74) is 6.06. The molecule has 0 spiro atoms. The summed E-state index contributed by atoms with van der Waals surface area (Å²) in [6.07, 6.45) is 0. The van der Waals surface area contributed by atoms with Crippen LogP contribution in [-0.4, -0.2) is 0 Å². The summed E-state index contributed by atoms with van der Waals surface area (Å²) in [5.74, 6) is 0. The zero-order valence-corrected chi connectivity index (χ0v) is 9.56. The van der Waals surface area contributed by atoms with Gasteiger partial charge in [-0.05, 0) is 0 Å². The van der Waals surface area contributed by atoms with Gasteiger partial charge in [-0.1, -0.05) is 0 Å². The molecule has 0 saturated heterocycles. The molecule has 0 amide bonds. The quantitative estimate of drug-likeness (QED) is 0.505. The Labute approximate surface area is 81.2 Å². The van der Waals surface area contributed by atoms with Crippen molar-refractivity contribution in [1.29, 1.82) is 0 Å². The van der Waals surface area contributed by atoms with Crippen LogP contribution in [0.5, 0.6) is 0 Å². The molecule has 0 aromatic carbocycles. The molecule has 0 aromatic heterocycles. The molecule has 0 nitrogen and oxygen atoms in total. The molecule has 0 aromatic rings. The molecule has 0 atom stereocenters. The van der Waals surface area contributed by atoms with Crippen molar-refractivity contribution < 1.29 is 20.4 Å². The van der Waals surface area contributed by atoms with Crippen molar-refractivity contribution in [2.24, 2.45) is 0 Å². The Kier molecular flexibility index (Phi) is 2.20. The second kappa shape index (κ2) is 2.60. The van der Waals surface area contributed by atoms with E-state index in [0.29, 0.717) is 3.72 Å². The van der Waals surface area contributed by atoms with Crippen LogP contribution < -0.4 is 0 Å². The monoisotopic (exact) mass is 183 g/mol. The van der Waals surface area contributed by atoms with E-state index in [9.17, 15) is 0 Å². The number of rotatable bonds is 0. The fourth-order valence-electron chi connectivity index (χ4n) is 1.59. The van der Waals surface area contributed by atoms with Gasteiger partial charge in [-0.25, -0.2) is 0 Å². The molecule has 56 valence electrons. The van der Waals surface area contributed by atoms with E-state index in [1.165, 1.54) is 22.3 Å². The normalized spacial score (nSPS) is 23.5. The molecule has 11 heavy (non-hydrogen) atoms. The van der Waals surface area contributed by atoms with Gasteiger partial charge >= 0.3 is 81.1 Å². The Balaban J connectivity index is 3.27. The van der Waals surface area contributed by atoms with Gasteiger partial charge in [-0.3, -0.25) is 0 Å². The molecule has 0 fully saturated rings. The SMILES string of the molecule is CC1=C(C)[C](C)([Ti+3])C(C)=C1C. The summed E-state index contributed by atoms with van der Waals surface area (Å²) in [7, 11) is 0. The van der Waals surface area contributed by atoms with E-state index in [-0.39, 0.29) is 0 Å². The van der Waals surface area contributed by atoms with Crippen LogP contribution in [0.4, 0.5) is 0 Å². The first-order valence-electron chi connectivity index (χ1n) is 4.00. The van der Waals surface area contributed by atoms with Crippen molar-refractivity contribution in [2.45, 2.75) is 38.3 Å². The van der Waals surface area contributed by atoms with Crippen molar-refractivity contribution in [3.63, 3.8) is 0 Å². The Morgan fingerprint density at radius 3 is 1.27 bits per heavy atom. The number of allylic oxidation sites excluding steroid dienone is 4. The minimum atomic E-state index is 0.314. The average molecular weight is 183 g/mol. The van der Waals surface area contributed by atoms with Gasteiger partial charge in [0.15, 0.2) is 0 Å². The van der Waals surface area contributed by atoms with Crippen LogP contribution in [0.1, 0.15) is 34.6 Å². The van der Waals surface area contributed by atoms with Crippen LogP contribution in [0.3, 0.4) is 0 Å². The summed E-state index contributed by atoms with van der Waals surface area (Å²) in [4.78, 5) is 0. The van der Waals surface area contributed by atoms with E-state index >= 15 is 0 Å². The van der Waals surface area contributed by atoms with Gasteiger partial charge in [0.25, 0.3) is 0 Å². The van der Waals surface area contributed by atoms with Gasteiger partial charge in [-0.2, -0.15) is 0 Å². The molecular weight excluding hydrogens is 168 g/mol. The fraction of sp³-hybridized carbons (Fsp3) is 0.600. The third kappa shape index (κ3) is 1.17. The van der Waals surface area contributed by atoms with E-state index in [4.69, 9.17) is 0 Å². The average Bonchev–Trinajstić information content (AvgIpc) is 2.06. The molecular formula is C10H15Ti+3. The Hall–Kier alpha value is 0.194. The third-order valence-electron chi connectivity index (χ3n) is 3.19. The zero-order valence-electron chi connectivity index (χ0n) is 8.00. The molecule has 0 saturated carbocycles. The molecule has 0 bridgehead atoms. The Morgan fingerprint density at radius 2 is 1.18 bits per heavy atom. The fourth-order valence-corrected chi connectivity index (χ4v) is 2.18. The second-order valence-corrected chi connectivity index (χ2v) is 5.19. The molecule has 0 unspecified atom stereocenters. The van der Waals surface area contributed by atoms with Gasteiger partial charge in [-0.15, -0.1) is 0 Å². The zero-order chi connectivity index (χ0) is 8.81. The summed E-state index contributed by atoms with van der Waals surface area (Å²) in [6.45, 7) is 11.2. The Morgan fingerprint density at radius 1 is 0.909 bits per heavy atom. The van der Waals surface area contributed by atoms with Crippen LogP contribution in [0, 0.1) is 0 Å². The van der Waals surface area contributed by atoms with E-state index in [2.05, 4.69) is 55.1 Å². The van der Waals surface area contributed by atoms with Gasteiger partial charge in [0.1, 0.15) is 0 Å². The third-order valence-corrected chi connectivity index (χ3v) is 4.36. The van der Waals surface area contributed by atoms with Crippen molar-refractivity contribution in [3.8, 4) is 0 Å². The van der Waals surface area contributed by atoms with E-state index in [1.54, 1.807) is 0 Å². The van der Waals surface area contributed by atoms with Crippen LogP contribution in [0.2, 0.25) is 3.72 Å². The molecule has 1 heteroatoms. The summed E-state index contributed by atoms with van der Waals surface area (Å²) >= 11 is 2.30. The first kappa shape index (κ1) is 9.28. The van der Waals surface area contributed by atoms with Gasteiger partial charge in [0, 0.05) is 0 Å². The number of hydrogen-bond acceptors (Lipinski definition) is 0. The Bertz CT molecular complexity index is 228. The molecule has 0 radical (unpaired) electrons. The molecule has 1 aliphatic rings. The topological polar surface area (TPSA) is 0 Å². The maximum absolute atomic E-state index is 2.30. The summed E-state index contributed by atoms with van der Waals surface area (Å²) in [6, 6.07) is 0. The van der Waals surface area contributed by atoms with E-state index in [0.717, 1.165) is 0 Å². The molecule has 1 rings (SSSR count). The van der Waals surface area contributed by atoms with Crippen molar-refractivity contribution in [1.82, 2.24) is 0 Å². The van der Waals surface area contributed by atoms with Crippen LogP contribution >= 0.6 is 0 Å². The maximum atomic E-state index is 2.30. The predicted octanol–water partition coefficient (Wildman–Crippen LogP) is 3.40. The predicted molar refractivity (Wildman–Crippen MR) is 45.1 cm³/mol. The van der Waals surface area contributed by atoms with Gasteiger partial charge in [0.2, 0.25) is 0 Å². The summed E-state index contributed by atoms with van der Waals surface area (Å²) < 4.78 is 0.314. The van der Waals surface area contributed by atoms with E-state index in [1.807, 2.05) is 0 Å². The number of hydrogen-bond donors (Lipinski definition) is 0. The van der Waals surface area contributed by atoms with Crippen molar-refractivity contribution in [2.75, 3.05) is 0 Å². The van der Waals surface area contributed by atoms with Crippen molar-refractivity contribution in [3.05, 3.63) is 22.3 Å². The van der Waals surface area contributed by atoms with Crippen LogP contribution in [0.15, 0.2) is 22.3 Å². The first-order valence-corrected chi connectivity index (χ1v) is 4.78. The first-order chi connectivity index (χ1) is 4.89. The van der Waals surface area contributed by atoms with Crippen LogP contribution in [0.25, 0.3) is 0 Å². The minimum absolute atomic E-state index is 0.314. The second-order valence-electron chi connectivity index (χ2n) is 3.62. The van der Waals surface area contributed by atoms with Crippen molar-refractivity contribution >= 4 is 0 Å².